The van der Waals surface area contributed by atoms with Gasteiger partial charge in [0.15, 0.2) is 0 Å². The number of pyridine rings is 1. The lowest BCUT2D eigenvalue weighted by Crippen LogP contribution is -2.12. The van der Waals surface area contributed by atoms with Crippen molar-refractivity contribution >= 4 is 17.3 Å². The van der Waals surface area contributed by atoms with Crippen LogP contribution in [0.2, 0.25) is 0 Å². The summed E-state index contributed by atoms with van der Waals surface area (Å²) in [6, 6.07) is 4.18. The third-order valence-corrected chi connectivity index (χ3v) is 2.41. The predicted molar refractivity (Wildman–Crippen MR) is 66.9 cm³/mol. The fraction of sp³-hybridized carbons (Fsp3) is 0. The third-order valence-electron chi connectivity index (χ3n) is 2.41. The monoisotopic (exact) mass is 277 g/mol. The number of phenols is 1. The standard InChI is InChI=1S/C12H8FN3O4/c13-8-3-7(5-14-6-8)12(18)15-10-2-1-9(16(19)20)4-11(10)17/h1-6,17H,(H,15,18). The Balaban J connectivity index is 2.22. The number of rotatable bonds is 3. The third kappa shape index (κ3) is 2.86. The maximum absolute atomic E-state index is 12.9. The maximum atomic E-state index is 12.9. The Morgan fingerprint density at radius 3 is 2.70 bits per heavy atom. The van der Waals surface area contributed by atoms with Gasteiger partial charge < -0.3 is 10.4 Å². The number of non-ortho nitro benzene ring substituents is 1. The van der Waals surface area contributed by atoms with E-state index in [1.165, 1.54) is 6.07 Å². The van der Waals surface area contributed by atoms with Crippen molar-refractivity contribution in [2.45, 2.75) is 0 Å². The van der Waals surface area contributed by atoms with E-state index in [1.807, 2.05) is 0 Å². The van der Waals surface area contributed by atoms with E-state index in [2.05, 4.69) is 10.3 Å². The molecule has 0 radical (unpaired) electrons. The molecule has 0 fully saturated rings. The summed E-state index contributed by atoms with van der Waals surface area (Å²) in [6.07, 6.45) is 2.10. The lowest BCUT2D eigenvalue weighted by Gasteiger charge is -2.06. The second kappa shape index (κ2) is 5.31. The Labute approximate surface area is 111 Å². The van der Waals surface area contributed by atoms with Crippen molar-refractivity contribution in [3.63, 3.8) is 0 Å². The van der Waals surface area contributed by atoms with E-state index in [4.69, 9.17) is 0 Å². The molecular weight excluding hydrogens is 269 g/mol. The summed E-state index contributed by atoms with van der Waals surface area (Å²) >= 11 is 0. The smallest absolute Gasteiger partial charge is 0.273 e. The number of hydrogen-bond acceptors (Lipinski definition) is 5. The van der Waals surface area contributed by atoms with Crippen LogP contribution >= 0.6 is 0 Å². The van der Waals surface area contributed by atoms with Crippen molar-refractivity contribution in [1.82, 2.24) is 4.98 Å². The van der Waals surface area contributed by atoms with Crippen LogP contribution in [0, 0.1) is 15.9 Å². The number of carbonyl (C=O) groups excluding carboxylic acids is 1. The first-order chi connectivity index (χ1) is 9.47. The number of nitro groups is 1. The number of aromatic nitrogens is 1. The minimum absolute atomic E-state index is 0.0233. The molecule has 0 saturated heterocycles. The number of carbonyl (C=O) groups is 1. The van der Waals surface area contributed by atoms with Crippen molar-refractivity contribution in [2.75, 3.05) is 5.32 Å². The molecule has 0 bridgehead atoms. The lowest BCUT2D eigenvalue weighted by molar-refractivity contribution is -0.384. The van der Waals surface area contributed by atoms with Gasteiger partial charge in [-0.1, -0.05) is 0 Å². The fourth-order valence-electron chi connectivity index (χ4n) is 1.47. The Kier molecular flexibility index (Phi) is 3.56. The molecule has 7 nitrogen and oxygen atoms in total. The van der Waals surface area contributed by atoms with E-state index in [0.717, 1.165) is 30.6 Å². The summed E-state index contributed by atoms with van der Waals surface area (Å²) in [5.74, 6) is -1.83. The SMILES string of the molecule is O=C(Nc1ccc([N+](=O)[O-])cc1O)c1cncc(F)c1. The first-order valence-corrected chi connectivity index (χ1v) is 5.36. The number of aromatic hydroxyl groups is 1. The zero-order chi connectivity index (χ0) is 14.7. The van der Waals surface area contributed by atoms with Crippen LogP contribution in [-0.2, 0) is 0 Å². The van der Waals surface area contributed by atoms with Crippen LogP contribution in [0.5, 0.6) is 5.75 Å². The zero-order valence-corrected chi connectivity index (χ0v) is 9.91. The van der Waals surface area contributed by atoms with E-state index in [-0.39, 0.29) is 16.9 Å². The van der Waals surface area contributed by atoms with Crippen LogP contribution < -0.4 is 5.32 Å². The predicted octanol–water partition coefficient (Wildman–Crippen LogP) is 2.09. The fourth-order valence-corrected chi connectivity index (χ4v) is 1.47. The largest absolute Gasteiger partial charge is 0.506 e. The molecule has 0 aliphatic rings. The molecule has 102 valence electrons. The van der Waals surface area contributed by atoms with Gasteiger partial charge >= 0.3 is 0 Å². The highest BCUT2D eigenvalue weighted by molar-refractivity contribution is 6.04. The van der Waals surface area contributed by atoms with Gasteiger partial charge in [0.2, 0.25) is 0 Å². The molecule has 1 aromatic heterocycles. The van der Waals surface area contributed by atoms with Crippen molar-refractivity contribution in [3.05, 3.63) is 58.2 Å². The Morgan fingerprint density at radius 2 is 2.10 bits per heavy atom. The van der Waals surface area contributed by atoms with Crippen molar-refractivity contribution in [1.29, 1.82) is 0 Å². The second-order valence-corrected chi connectivity index (χ2v) is 3.80. The van der Waals surface area contributed by atoms with Crippen LogP contribution in [0.25, 0.3) is 0 Å². The van der Waals surface area contributed by atoms with Gasteiger partial charge in [0.05, 0.1) is 28.4 Å². The summed E-state index contributed by atoms with van der Waals surface area (Å²) in [7, 11) is 0. The van der Waals surface area contributed by atoms with Crippen LogP contribution in [0.3, 0.4) is 0 Å². The number of phenolic OH excluding ortho intramolecular Hbond substituents is 1. The molecule has 1 aromatic carbocycles. The van der Waals surface area contributed by atoms with E-state index >= 15 is 0 Å². The van der Waals surface area contributed by atoms with Gasteiger partial charge in [-0.05, 0) is 12.1 Å². The molecule has 0 aliphatic carbocycles. The number of halogens is 1. The average Bonchev–Trinajstić information content (AvgIpc) is 2.40. The molecule has 1 heterocycles. The van der Waals surface area contributed by atoms with Crippen LogP contribution in [0.15, 0.2) is 36.7 Å². The van der Waals surface area contributed by atoms with Gasteiger partial charge in [0.25, 0.3) is 11.6 Å². The van der Waals surface area contributed by atoms with E-state index in [1.54, 1.807) is 0 Å². The molecule has 2 rings (SSSR count). The first kappa shape index (κ1) is 13.4. The lowest BCUT2D eigenvalue weighted by atomic mass is 10.2. The van der Waals surface area contributed by atoms with Crippen molar-refractivity contribution < 1.29 is 19.2 Å². The number of nitro benzene ring substituents is 1. The molecule has 1 amide bonds. The quantitative estimate of drug-likeness (QED) is 0.507. The average molecular weight is 277 g/mol. The maximum Gasteiger partial charge on any atom is 0.273 e. The second-order valence-electron chi connectivity index (χ2n) is 3.80. The summed E-state index contributed by atoms with van der Waals surface area (Å²) in [6.45, 7) is 0. The zero-order valence-electron chi connectivity index (χ0n) is 9.91. The highest BCUT2D eigenvalue weighted by Gasteiger charge is 2.13. The van der Waals surface area contributed by atoms with E-state index in [9.17, 15) is 24.4 Å². The summed E-state index contributed by atoms with van der Waals surface area (Å²) in [5, 5.41) is 22.4. The van der Waals surface area contributed by atoms with Crippen LogP contribution in [0.4, 0.5) is 15.8 Å². The minimum atomic E-state index is -0.693. The van der Waals surface area contributed by atoms with E-state index in [0.29, 0.717) is 0 Å². The molecule has 0 spiro atoms. The van der Waals surface area contributed by atoms with Gasteiger partial charge in [0, 0.05) is 12.3 Å². The van der Waals surface area contributed by atoms with Gasteiger partial charge in [-0.15, -0.1) is 0 Å². The van der Waals surface area contributed by atoms with Gasteiger partial charge in [-0.2, -0.15) is 0 Å². The van der Waals surface area contributed by atoms with Crippen LogP contribution in [-0.4, -0.2) is 20.9 Å². The summed E-state index contributed by atoms with van der Waals surface area (Å²) in [4.78, 5) is 25.1. The highest BCUT2D eigenvalue weighted by Crippen LogP contribution is 2.28. The molecule has 20 heavy (non-hydrogen) atoms. The molecule has 0 unspecified atom stereocenters. The first-order valence-electron chi connectivity index (χ1n) is 5.36. The number of nitrogens with zero attached hydrogens (tertiary/aromatic N) is 2. The molecule has 2 aromatic rings. The van der Waals surface area contributed by atoms with Crippen molar-refractivity contribution in [2.24, 2.45) is 0 Å². The number of anilines is 1. The molecule has 2 N–H and O–H groups in total. The Bertz CT molecular complexity index is 690. The summed E-state index contributed by atoms with van der Waals surface area (Å²) in [5.41, 5.74) is -0.375. The van der Waals surface area contributed by atoms with Gasteiger partial charge in [-0.25, -0.2) is 4.39 Å². The number of nitrogens with one attached hydrogen (secondary N) is 1. The Hall–Kier alpha value is -3.03. The number of hydrogen-bond donors (Lipinski definition) is 2. The van der Waals surface area contributed by atoms with Gasteiger partial charge in [0.1, 0.15) is 11.6 Å². The molecule has 0 aliphatic heterocycles. The molecular formula is C12H8FN3O4. The normalized spacial score (nSPS) is 10.1. The van der Waals surface area contributed by atoms with E-state index < -0.39 is 22.4 Å². The Morgan fingerprint density at radius 1 is 1.35 bits per heavy atom. The van der Waals surface area contributed by atoms with Crippen LogP contribution in [0.1, 0.15) is 10.4 Å². The van der Waals surface area contributed by atoms with Crippen molar-refractivity contribution in [3.8, 4) is 5.75 Å². The topological polar surface area (TPSA) is 105 Å². The minimum Gasteiger partial charge on any atom is -0.506 e. The number of benzene rings is 1. The highest BCUT2D eigenvalue weighted by atomic mass is 19.1. The molecule has 8 heteroatoms. The number of amides is 1. The molecule has 0 atom stereocenters. The molecule has 0 saturated carbocycles. The van der Waals surface area contributed by atoms with Gasteiger partial charge in [-0.3, -0.25) is 19.9 Å². The summed E-state index contributed by atoms with van der Waals surface area (Å²) < 4.78 is 12.9.